The molecule has 2 aliphatic rings. The second-order valence-electron chi connectivity index (χ2n) is 7.10. The number of hydrogen-bond acceptors (Lipinski definition) is 6. The van der Waals surface area contributed by atoms with Crippen molar-refractivity contribution in [3.8, 4) is 0 Å². The van der Waals surface area contributed by atoms with E-state index < -0.39 is 33.4 Å². The SMILES string of the molecule is CCC1CN(c2ccc(N3CCN(C(=O)CS(C)(=O)=O)CC3)c(F)c2)C(=O)O1. The number of sulfone groups is 1. The van der Waals surface area contributed by atoms with Crippen molar-refractivity contribution in [2.24, 2.45) is 0 Å². The molecule has 154 valence electrons. The second kappa shape index (κ2) is 7.94. The predicted octanol–water partition coefficient (Wildman–Crippen LogP) is 1.25. The predicted molar refractivity (Wildman–Crippen MR) is 103 cm³/mol. The van der Waals surface area contributed by atoms with Crippen LogP contribution in [0.4, 0.5) is 20.6 Å². The van der Waals surface area contributed by atoms with E-state index in [1.54, 1.807) is 17.0 Å². The van der Waals surface area contributed by atoms with Gasteiger partial charge in [0.25, 0.3) is 0 Å². The first kappa shape index (κ1) is 20.4. The van der Waals surface area contributed by atoms with Gasteiger partial charge >= 0.3 is 6.09 Å². The van der Waals surface area contributed by atoms with Crippen molar-refractivity contribution in [1.29, 1.82) is 0 Å². The van der Waals surface area contributed by atoms with Crippen LogP contribution in [-0.2, 0) is 19.4 Å². The van der Waals surface area contributed by atoms with Gasteiger partial charge in [0.15, 0.2) is 9.84 Å². The van der Waals surface area contributed by atoms with E-state index in [2.05, 4.69) is 0 Å². The number of carbonyl (C=O) groups is 2. The fourth-order valence-electron chi connectivity index (χ4n) is 3.38. The lowest BCUT2D eigenvalue weighted by Crippen LogP contribution is -2.50. The van der Waals surface area contributed by atoms with Crippen LogP contribution in [0.15, 0.2) is 18.2 Å². The number of hydrogen-bond donors (Lipinski definition) is 0. The molecule has 2 aliphatic heterocycles. The summed E-state index contributed by atoms with van der Waals surface area (Å²) >= 11 is 0. The number of piperazine rings is 1. The molecule has 2 saturated heterocycles. The molecule has 0 aromatic heterocycles. The topological polar surface area (TPSA) is 87.2 Å². The lowest BCUT2D eigenvalue weighted by atomic mass is 10.2. The third-order valence-corrected chi connectivity index (χ3v) is 5.70. The molecule has 0 bridgehead atoms. The molecule has 10 heteroatoms. The zero-order chi connectivity index (χ0) is 20.5. The molecular weight excluding hydrogens is 389 g/mol. The molecule has 0 saturated carbocycles. The molecule has 1 unspecified atom stereocenters. The van der Waals surface area contributed by atoms with E-state index in [-0.39, 0.29) is 6.10 Å². The summed E-state index contributed by atoms with van der Waals surface area (Å²) in [5.41, 5.74) is 0.836. The lowest BCUT2D eigenvalue weighted by Gasteiger charge is -2.36. The summed E-state index contributed by atoms with van der Waals surface area (Å²) in [6.45, 7) is 3.77. The number of rotatable bonds is 5. The summed E-state index contributed by atoms with van der Waals surface area (Å²) in [5.74, 6) is -1.40. The molecule has 2 amide bonds. The van der Waals surface area contributed by atoms with Gasteiger partial charge in [-0.25, -0.2) is 17.6 Å². The molecule has 8 nitrogen and oxygen atoms in total. The summed E-state index contributed by atoms with van der Waals surface area (Å²) in [7, 11) is -3.38. The first-order valence-corrected chi connectivity index (χ1v) is 11.2. The van der Waals surface area contributed by atoms with Gasteiger partial charge in [0.1, 0.15) is 17.7 Å². The zero-order valence-electron chi connectivity index (χ0n) is 15.9. The number of benzene rings is 1. The van der Waals surface area contributed by atoms with Crippen molar-refractivity contribution in [2.75, 3.05) is 54.5 Å². The van der Waals surface area contributed by atoms with Crippen LogP contribution in [0.3, 0.4) is 0 Å². The Hall–Kier alpha value is -2.36. The Balaban J connectivity index is 1.64. The lowest BCUT2D eigenvalue weighted by molar-refractivity contribution is -0.128. The third kappa shape index (κ3) is 4.54. The third-order valence-electron chi connectivity index (χ3n) is 4.93. The Bertz CT molecular complexity index is 868. The molecule has 2 heterocycles. The largest absolute Gasteiger partial charge is 0.444 e. The van der Waals surface area contributed by atoms with Crippen molar-refractivity contribution in [3.05, 3.63) is 24.0 Å². The summed E-state index contributed by atoms with van der Waals surface area (Å²) < 4.78 is 42.4. The maximum Gasteiger partial charge on any atom is 0.414 e. The van der Waals surface area contributed by atoms with Crippen molar-refractivity contribution >= 4 is 33.2 Å². The molecule has 0 spiro atoms. The smallest absolute Gasteiger partial charge is 0.414 e. The summed E-state index contributed by atoms with van der Waals surface area (Å²) in [6, 6.07) is 4.61. The molecule has 0 aliphatic carbocycles. The number of carbonyl (C=O) groups excluding carboxylic acids is 2. The highest BCUT2D eigenvalue weighted by Gasteiger charge is 2.32. The van der Waals surface area contributed by atoms with Crippen LogP contribution >= 0.6 is 0 Å². The fourth-order valence-corrected chi connectivity index (χ4v) is 4.01. The minimum atomic E-state index is -3.38. The van der Waals surface area contributed by atoms with Gasteiger partial charge < -0.3 is 14.5 Å². The van der Waals surface area contributed by atoms with Gasteiger partial charge in [-0.3, -0.25) is 9.69 Å². The highest BCUT2D eigenvalue weighted by Crippen LogP contribution is 2.29. The van der Waals surface area contributed by atoms with Gasteiger partial charge in [0, 0.05) is 32.4 Å². The van der Waals surface area contributed by atoms with Gasteiger partial charge in [-0.05, 0) is 24.6 Å². The average molecular weight is 413 g/mol. The van der Waals surface area contributed by atoms with Crippen LogP contribution in [0.5, 0.6) is 0 Å². The summed E-state index contributed by atoms with van der Waals surface area (Å²) in [5, 5.41) is 0. The number of ether oxygens (including phenoxy) is 1. The van der Waals surface area contributed by atoms with Gasteiger partial charge in [-0.2, -0.15) is 0 Å². The van der Waals surface area contributed by atoms with Crippen molar-refractivity contribution in [2.45, 2.75) is 19.4 Å². The maximum atomic E-state index is 14.7. The average Bonchev–Trinajstić information content (AvgIpc) is 3.01. The Morgan fingerprint density at radius 3 is 2.46 bits per heavy atom. The number of cyclic esters (lactones) is 1. The van der Waals surface area contributed by atoms with Gasteiger partial charge in [0.2, 0.25) is 5.91 Å². The van der Waals surface area contributed by atoms with Crippen molar-refractivity contribution < 1.29 is 27.1 Å². The van der Waals surface area contributed by atoms with E-state index >= 15 is 0 Å². The highest BCUT2D eigenvalue weighted by atomic mass is 32.2. The Morgan fingerprint density at radius 1 is 1.25 bits per heavy atom. The van der Waals surface area contributed by atoms with Crippen molar-refractivity contribution in [3.63, 3.8) is 0 Å². The minimum Gasteiger partial charge on any atom is -0.444 e. The quantitative estimate of drug-likeness (QED) is 0.722. The van der Waals surface area contributed by atoms with Crippen LogP contribution in [0.25, 0.3) is 0 Å². The second-order valence-corrected chi connectivity index (χ2v) is 9.24. The Kier molecular flexibility index (Phi) is 5.78. The molecule has 3 rings (SSSR count). The molecule has 1 atom stereocenters. The first-order valence-electron chi connectivity index (χ1n) is 9.16. The molecule has 2 fully saturated rings. The van der Waals surface area contributed by atoms with E-state index in [4.69, 9.17) is 4.74 Å². The van der Waals surface area contributed by atoms with E-state index in [1.807, 2.05) is 6.92 Å². The number of anilines is 2. The normalized spacial score (nSPS) is 20.5. The maximum absolute atomic E-state index is 14.7. The number of halogens is 1. The van der Waals surface area contributed by atoms with E-state index in [9.17, 15) is 22.4 Å². The minimum absolute atomic E-state index is 0.187. The number of amides is 2. The van der Waals surface area contributed by atoms with Crippen LogP contribution in [0, 0.1) is 5.82 Å². The van der Waals surface area contributed by atoms with Gasteiger partial charge in [-0.15, -0.1) is 0 Å². The van der Waals surface area contributed by atoms with Crippen LogP contribution in [-0.4, -0.2) is 76.2 Å². The van der Waals surface area contributed by atoms with Crippen LogP contribution in [0.1, 0.15) is 13.3 Å². The summed E-state index contributed by atoms with van der Waals surface area (Å²) in [4.78, 5) is 28.6. The molecule has 1 aromatic carbocycles. The molecule has 1 aromatic rings. The van der Waals surface area contributed by atoms with Gasteiger partial charge in [0.05, 0.1) is 17.9 Å². The Morgan fingerprint density at radius 2 is 1.93 bits per heavy atom. The van der Waals surface area contributed by atoms with Gasteiger partial charge in [-0.1, -0.05) is 6.92 Å². The number of nitrogens with zero attached hydrogens (tertiary/aromatic N) is 3. The zero-order valence-corrected chi connectivity index (χ0v) is 16.7. The van der Waals surface area contributed by atoms with Crippen molar-refractivity contribution in [1.82, 2.24) is 4.90 Å². The van der Waals surface area contributed by atoms with Crippen LogP contribution < -0.4 is 9.80 Å². The monoisotopic (exact) mass is 413 g/mol. The van der Waals surface area contributed by atoms with E-state index in [0.29, 0.717) is 50.5 Å². The van der Waals surface area contributed by atoms with Crippen LogP contribution in [0.2, 0.25) is 0 Å². The molecule has 0 radical (unpaired) electrons. The fraction of sp³-hybridized carbons (Fsp3) is 0.556. The molecule has 28 heavy (non-hydrogen) atoms. The first-order chi connectivity index (χ1) is 13.2. The van der Waals surface area contributed by atoms with E-state index in [1.165, 1.54) is 15.9 Å². The highest BCUT2D eigenvalue weighted by molar-refractivity contribution is 7.91. The Labute approximate surface area is 163 Å². The van der Waals surface area contributed by atoms with E-state index in [0.717, 1.165) is 6.26 Å². The molecular formula is C18H24FN3O5S. The summed E-state index contributed by atoms with van der Waals surface area (Å²) in [6.07, 6.45) is 1.06. The standard InChI is InChI=1S/C18H24FN3O5S/c1-3-14-11-22(18(24)27-14)13-4-5-16(15(19)10-13)20-6-8-21(9-7-20)17(23)12-28(2,25)26/h4-5,10,14H,3,6-9,11-12H2,1-2H3. The molecule has 0 N–H and O–H groups in total.